The molecule has 0 amide bonds. The van der Waals surface area contributed by atoms with Crippen LogP contribution in [0.3, 0.4) is 0 Å². The summed E-state index contributed by atoms with van der Waals surface area (Å²) in [5.41, 5.74) is 2.96. The highest BCUT2D eigenvalue weighted by molar-refractivity contribution is 5.68. The number of aryl methyl sites for hydroxylation is 1. The van der Waals surface area contributed by atoms with Gasteiger partial charge in [0, 0.05) is 6.42 Å². The summed E-state index contributed by atoms with van der Waals surface area (Å²) in [6.07, 6.45) is 11.3. The van der Waals surface area contributed by atoms with E-state index in [1.165, 1.54) is 50.3 Å². The molecule has 1 atom stereocenters. The van der Waals surface area contributed by atoms with Crippen LogP contribution in [0.1, 0.15) is 88.7 Å². The van der Waals surface area contributed by atoms with Crippen molar-refractivity contribution >= 4 is 5.97 Å². The van der Waals surface area contributed by atoms with Gasteiger partial charge in [-0.05, 0) is 49.1 Å². The van der Waals surface area contributed by atoms with Crippen molar-refractivity contribution in [2.45, 2.75) is 84.0 Å². The number of unbranched alkanes of at least 4 members (excludes halogenated alkanes) is 3. The zero-order chi connectivity index (χ0) is 16.9. The molecule has 0 radical (unpaired) electrons. The van der Waals surface area contributed by atoms with Crippen LogP contribution in [0.4, 0.5) is 0 Å². The van der Waals surface area contributed by atoms with Crippen molar-refractivity contribution in [2.75, 3.05) is 7.11 Å². The number of carbonyl (C=O) groups is 1. The summed E-state index contributed by atoms with van der Waals surface area (Å²) in [5.74, 6) is 0.629. The molecule has 0 N–H and O–H groups in total. The second-order valence-electron chi connectivity index (χ2n) is 6.51. The van der Waals surface area contributed by atoms with E-state index in [4.69, 9.17) is 0 Å². The Morgan fingerprint density at radius 1 is 1.04 bits per heavy atom. The molecule has 0 fully saturated rings. The Morgan fingerprint density at radius 2 is 1.87 bits per heavy atom. The molecular weight excluding hydrogens is 284 g/mol. The van der Waals surface area contributed by atoms with Crippen molar-refractivity contribution in [1.82, 2.24) is 0 Å². The Labute approximate surface area is 142 Å². The zero-order valence-corrected chi connectivity index (χ0v) is 15.3. The van der Waals surface area contributed by atoms with E-state index in [9.17, 15) is 4.79 Å². The maximum absolute atomic E-state index is 11.1. The van der Waals surface area contributed by atoms with Gasteiger partial charge in [0.25, 0.3) is 0 Å². The van der Waals surface area contributed by atoms with Crippen LogP contribution in [0.15, 0.2) is 24.3 Å². The number of carbonyl (C=O) groups excluding carboxylic acids is 1. The molecule has 2 nitrogen and oxygen atoms in total. The molecule has 0 spiro atoms. The van der Waals surface area contributed by atoms with Crippen molar-refractivity contribution in [1.29, 1.82) is 0 Å². The molecule has 23 heavy (non-hydrogen) atoms. The minimum atomic E-state index is -0.0923. The number of esters is 1. The maximum Gasteiger partial charge on any atom is 0.305 e. The Balaban J connectivity index is 2.46. The van der Waals surface area contributed by atoms with Gasteiger partial charge in [-0.25, -0.2) is 0 Å². The van der Waals surface area contributed by atoms with Gasteiger partial charge < -0.3 is 4.74 Å². The van der Waals surface area contributed by atoms with Gasteiger partial charge in [-0.2, -0.15) is 0 Å². The fourth-order valence-electron chi connectivity index (χ4n) is 3.16. The molecule has 1 rings (SSSR count). The molecule has 0 aliphatic carbocycles. The molecule has 0 saturated heterocycles. The quantitative estimate of drug-likeness (QED) is 0.347. The smallest absolute Gasteiger partial charge is 0.305 e. The highest BCUT2D eigenvalue weighted by Crippen LogP contribution is 2.28. The summed E-state index contributed by atoms with van der Waals surface area (Å²) in [5, 5.41) is 0. The van der Waals surface area contributed by atoms with E-state index >= 15 is 0 Å². The largest absolute Gasteiger partial charge is 0.469 e. The lowest BCUT2D eigenvalue weighted by molar-refractivity contribution is -0.140. The first-order valence-corrected chi connectivity index (χ1v) is 9.36. The van der Waals surface area contributed by atoms with Crippen molar-refractivity contribution < 1.29 is 9.53 Å². The molecule has 0 heterocycles. The van der Waals surface area contributed by atoms with Gasteiger partial charge in [0.15, 0.2) is 0 Å². The predicted octanol–water partition coefficient (Wildman–Crippen LogP) is 6.04. The lowest BCUT2D eigenvalue weighted by atomic mass is 9.88. The van der Waals surface area contributed by atoms with Gasteiger partial charge in [0.1, 0.15) is 0 Å². The van der Waals surface area contributed by atoms with Crippen molar-refractivity contribution in [2.24, 2.45) is 0 Å². The van der Waals surface area contributed by atoms with E-state index in [2.05, 4.69) is 42.8 Å². The summed E-state index contributed by atoms with van der Waals surface area (Å²) in [6, 6.07) is 9.17. The second kappa shape index (κ2) is 12.2. The first-order chi connectivity index (χ1) is 11.2. The van der Waals surface area contributed by atoms with Crippen LogP contribution in [-0.4, -0.2) is 13.1 Å². The molecule has 0 bridgehead atoms. The zero-order valence-electron chi connectivity index (χ0n) is 15.3. The van der Waals surface area contributed by atoms with Gasteiger partial charge in [0.2, 0.25) is 0 Å². The Hall–Kier alpha value is -1.31. The molecule has 1 aromatic carbocycles. The lowest BCUT2D eigenvalue weighted by Crippen LogP contribution is -2.01. The number of rotatable bonds is 12. The van der Waals surface area contributed by atoms with Crippen molar-refractivity contribution in [3.8, 4) is 0 Å². The summed E-state index contributed by atoms with van der Waals surface area (Å²) in [4.78, 5) is 11.1. The number of hydrogen-bond donors (Lipinski definition) is 0. The Kier molecular flexibility index (Phi) is 10.4. The minimum Gasteiger partial charge on any atom is -0.469 e. The van der Waals surface area contributed by atoms with Crippen LogP contribution < -0.4 is 0 Å². The second-order valence-corrected chi connectivity index (χ2v) is 6.51. The van der Waals surface area contributed by atoms with E-state index < -0.39 is 0 Å². The fourth-order valence-corrected chi connectivity index (χ4v) is 3.16. The van der Waals surface area contributed by atoms with Gasteiger partial charge in [-0.3, -0.25) is 4.79 Å². The summed E-state index contributed by atoms with van der Waals surface area (Å²) in [6.45, 7) is 4.55. The Morgan fingerprint density at radius 3 is 2.57 bits per heavy atom. The molecule has 130 valence electrons. The predicted molar refractivity (Wildman–Crippen MR) is 97.8 cm³/mol. The normalized spacial score (nSPS) is 12.1. The minimum absolute atomic E-state index is 0.0923. The molecular formula is C21H34O2. The van der Waals surface area contributed by atoms with Gasteiger partial charge in [-0.1, -0.05) is 63.8 Å². The molecule has 0 aliphatic heterocycles. The third-order valence-corrected chi connectivity index (χ3v) is 4.54. The van der Waals surface area contributed by atoms with Crippen LogP contribution in [-0.2, 0) is 16.0 Å². The summed E-state index contributed by atoms with van der Waals surface area (Å²) in [7, 11) is 1.46. The third kappa shape index (κ3) is 8.20. The number of methoxy groups -OCH3 is 1. The molecule has 0 saturated carbocycles. The summed E-state index contributed by atoms with van der Waals surface area (Å²) >= 11 is 0. The SMILES string of the molecule is CCCCC(CCC)c1cccc(CCCCCC(=O)OC)c1. The molecule has 0 aromatic heterocycles. The number of hydrogen-bond acceptors (Lipinski definition) is 2. The molecule has 1 aromatic rings. The number of benzene rings is 1. The van der Waals surface area contributed by atoms with Crippen LogP contribution >= 0.6 is 0 Å². The summed E-state index contributed by atoms with van der Waals surface area (Å²) < 4.78 is 4.67. The lowest BCUT2D eigenvalue weighted by Gasteiger charge is -2.17. The van der Waals surface area contributed by atoms with Crippen LogP contribution in [0, 0.1) is 0 Å². The van der Waals surface area contributed by atoms with E-state index in [0.717, 1.165) is 31.6 Å². The van der Waals surface area contributed by atoms with Gasteiger partial charge >= 0.3 is 5.97 Å². The van der Waals surface area contributed by atoms with Crippen LogP contribution in [0.2, 0.25) is 0 Å². The van der Waals surface area contributed by atoms with Crippen LogP contribution in [0.25, 0.3) is 0 Å². The van der Waals surface area contributed by atoms with E-state index in [1.54, 1.807) is 0 Å². The maximum atomic E-state index is 11.1. The average Bonchev–Trinajstić information content (AvgIpc) is 2.58. The van der Waals surface area contributed by atoms with E-state index in [0.29, 0.717) is 6.42 Å². The fraction of sp³-hybridized carbons (Fsp3) is 0.667. The third-order valence-electron chi connectivity index (χ3n) is 4.54. The van der Waals surface area contributed by atoms with E-state index in [1.807, 2.05) is 0 Å². The Bertz CT molecular complexity index is 439. The highest BCUT2D eigenvalue weighted by atomic mass is 16.5. The molecule has 1 unspecified atom stereocenters. The van der Waals surface area contributed by atoms with Crippen LogP contribution in [0.5, 0.6) is 0 Å². The standard InChI is InChI=1S/C21H34O2/c1-4-6-14-19(11-5-2)20-15-10-13-18(17-20)12-8-7-9-16-21(22)23-3/h10,13,15,17,19H,4-9,11-12,14,16H2,1-3H3. The van der Waals surface area contributed by atoms with Gasteiger partial charge in [-0.15, -0.1) is 0 Å². The number of ether oxygens (including phenoxy) is 1. The first-order valence-electron chi connectivity index (χ1n) is 9.36. The van der Waals surface area contributed by atoms with E-state index in [-0.39, 0.29) is 5.97 Å². The topological polar surface area (TPSA) is 26.3 Å². The van der Waals surface area contributed by atoms with Crippen molar-refractivity contribution in [3.05, 3.63) is 35.4 Å². The molecule has 0 aliphatic rings. The average molecular weight is 319 g/mol. The monoisotopic (exact) mass is 318 g/mol. The molecule has 2 heteroatoms. The first kappa shape index (κ1) is 19.7. The highest BCUT2D eigenvalue weighted by Gasteiger charge is 2.10. The van der Waals surface area contributed by atoms with Gasteiger partial charge in [0.05, 0.1) is 7.11 Å². The van der Waals surface area contributed by atoms with Crippen molar-refractivity contribution in [3.63, 3.8) is 0 Å².